The fourth-order valence-corrected chi connectivity index (χ4v) is 4.50. The third-order valence-corrected chi connectivity index (χ3v) is 6.19. The Bertz CT molecular complexity index is 1490. The van der Waals surface area contributed by atoms with Gasteiger partial charge in [-0.2, -0.15) is 0 Å². The van der Waals surface area contributed by atoms with Crippen molar-refractivity contribution < 1.29 is 18.7 Å². The Labute approximate surface area is 221 Å². The van der Waals surface area contributed by atoms with E-state index >= 15 is 0 Å². The lowest BCUT2D eigenvalue weighted by Gasteiger charge is -2.30. The maximum Gasteiger partial charge on any atom is 0.221 e. The number of halogens is 1. The topological polar surface area (TPSA) is 59.9 Å². The Kier molecular flexibility index (Phi) is 7.31. The number of hydrogen-bond acceptors (Lipinski definition) is 4. The first-order valence-corrected chi connectivity index (χ1v) is 12.4. The van der Waals surface area contributed by atoms with Crippen LogP contribution in [0.25, 0.3) is 5.76 Å². The summed E-state index contributed by atoms with van der Waals surface area (Å²) < 4.78 is 26.0. The number of ether oxygens (including phenoxy) is 2. The molecule has 6 heteroatoms. The molecule has 1 aliphatic heterocycles. The molecular weight excluding hydrogens is 479 g/mol. The minimum Gasteiger partial charge on any atom is -0.494 e. The van der Waals surface area contributed by atoms with Gasteiger partial charge in [0, 0.05) is 41.4 Å². The van der Waals surface area contributed by atoms with Gasteiger partial charge in [-0.3, -0.25) is 9.79 Å². The predicted octanol–water partition coefficient (Wildman–Crippen LogP) is 7.52. The summed E-state index contributed by atoms with van der Waals surface area (Å²) in [5, 5.41) is 2.76. The molecule has 0 fully saturated rings. The summed E-state index contributed by atoms with van der Waals surface area (Å²) in [6.45, 7) is 4.00. The molecule has 0 aliphatic carbocycles. The van der Waals surface area contributed by atoms with Crippen molar-refractivity contribution in [3.63, 3.8) is 0 Å². The highest BCUT2D eigenvalue weighted by Gasteiger charge is 2.31. The van der Waals surface area contributed by atoms with Gasteiger partial charge in [-0.1, -0.05) is 30.3 Å². The second kappa shape index (κ2) is 11.1. The van der Waals surface area contributed by atoms with E-state index in [9.17, 15) is 9.18 Å². The summed E-state index contributed by atoms with van der Waals surface area (Å²) in [5.41, 5.74) is 5.02. The van der Waals surface area contributed by atoms with E-state index in [1.165, 1.54) is 19.1 Å². The van der Waals surface area contributed by atoms with Crippen LogP contribution in [0.15, 0.2) is 108 Å². The van der Waals surface area contributed by atoms with Crippen LogP contribution in [0, 0.1) is 5.82 Å². The molecular formula is C32H27FN2O3. The summed E-state index contributed by atoms with van der Waals surface area (Å²) in [5.74, 6) is 1.52. The lowest BCUT2D eigenvalue weighted by molar-refractivity contribution is -0.114. The number of carbonyl (C=O) groups is 1. The van der Waals surface area contributed by atoms with Crippen molar-refractivity contribution in [2.45, 2.75) is 19.8 Å². The lowest BCUT2D eigenvalue weighted by Crippen LogP contribution is -2.17. The fraction of sp³-hybridized carbons (Fsp3) is 0.125. The highest BCUT2D eigenvalue weighted by atomic mass is 19.1. The Morgan fingerprint density at radius 1 is 0.974 bits per heavy atom. The van der Waals surface area contributed by atoms with Gasteiger partial charge in [-0.15, -0.1) is 0 Å². The molecule has 5 nitrogen and oxygen atoms in total. The van der Waals surface area contributed by atoms with Crippen LogP contribution in [0.3, 0.4) is 0 Å². The van der Waals surface area contributed by atoms with E-state index in [1.54, 1.807) is 24.3 Å². The number of anilines is 1. The molecule has 1 amide bonds. The number of hydrogen-bond donors (Lipinski definition) is 1. The molecule has 1 heterocycles. The molecule has 1 aliphatic rings. The molecule has 0 saturated heterocycles. The summed E-state index contributed by atoms with van der Waals surface area (Å²) in [6.07, 6.45) is 1.81. The molecule has 1 N–H and O–H groups in total. The van der Waals surface area contributed by atoms with Gasteiger partial charge in [0.2, 0.25) is 5.91 Å². The zero-order valence-electron chi connectivity index (χ0n) is 21.1. The van der Waals surface area contributed by atoms with Crippen LogP contribution < -0.4 is 14.8 Å². The van der Waals surface area contributed by atoms with Gasteiger partial charge in [0.1, 0.15) is 23.1 Å². The summed E-state index contributed by atoms with van der Waals surface area (Å²) in [6, 6.07) is 29.5. The molecule has 1 atom stereocenters. The number of fused-ring (bicyclic) bond motifs is 1. The quantitative estimate of drug-likeness (QED) is 0.264. The number of carbonyl (C=O) groups excluding carboxylic acids is 1. The number of nitrogens with one attached hydrogen (secondary N) is 1. The SMILES string of the molecule is CCOc1ccc(C2=C(C=Nc3ccc(NC(C)=O)cc3)[C@@H](c3ccc(F)cc3)c3ccccc3O2)cc1. The second-order valence-corrected chi connectivity index (χ2v) is 8.85. The first-order valence-electron chi connectivity index (χ1n) is 12.4. The van der Waals surface area contributed by atoms with Gasteiger partial charge < -0.3 is 14.8 Å². The molecule has 0 saturated carbocycles. The normalized spacial score (nSPS) is 14.7. The largest absolute Gasteiger partial charge is 0.494 e. The summed E-state index contributed by atoms with van der Waals surface area (Å²) in [4.78, 5) is 16.1. The van der Waals surface area contributed by atoms with Crippen molar-refractivity contribution in [3.05, 3.63) is 125 Å². The number of rotatable bonds is 7. The van der Waals surface area contributed by atoms with Crippen molar-refractivity contribution in [2.75, 3.05) is 11.9 Å². The maximum absolute atomic E-state index is 13.9. The van der Waals surface area contributed by atoms with Crippen LogP contribution in [0.1, 0.15) is 36.5 Å². The molecule has 0 radical (unpaired) electrons. The molecule has 190 valence electrons. The van der Waals surface area contributed by atoms with Crippen molar-refractivity contribution in [1.29, 1.82) is 0 Å². The zero-order valence-corrected chi connectivity index (χ0v) is 21.1. The Morgan fingerprint density at radius 2 is 1.68 bits per heavy atom. The number of nitrogens with zero attached hydrogens (tertiary/aromatic N) is 1. The summed E-state index contributed by atoms with van der Waals surface area (Å²) in [7, 11) is 0. The molecule has 5 rings (SSSR count). The van der Waals surface area contributed by atoms with Gasteiger partial charge >= 0.3 is 0 Å². The van der Waals surface area contributed by atoms with E-state index in [4.69, 9.17) is 14.5 Å². The first kappa shape index (κ1) is 25.0. The van der Waals surface area contributed by atoms with E-state index in [2.05, 4.69) is 5.32 Å². The third kappa shape index (κ3) is 5.49. The minimum atomic E-state index is -0.292. The number of aliphatic imine (C=N–C) groups is 1. The molecule has 4 aromatic carbocycles. The van der Waals surface area contributed by atoms with Crippen LogP contribution >= 0.6 is 0 Å². The van der Waals surface area contributed by atoms with E-state index < -0.39 is 0 Å². The second-order valence-electron chi connectivity index (χ2n) is 8.85. The molecule has 0 unspecified atom stereocenters. The molecule has 0 bridgehead atoms. The standard InChI is InChI=1S/C32H27FN2O3/c1-3-37-27-18-10-23(11-19-27)32-29(20-34-25-14-16-26(17-15-25)35-21(2)36)31(22-8-12-24(33)13-9-22)28-6-4-5-7-30(28)38-32/h4-20,31H,3H2,1-2H3,(H,35,36)/t31-/m0/s1. The maximum atomic E-state index is 13.9. The van der Waals surface area contributed by atoms with Crippen molar-refractivity contribution >= 4 is 29.3 Å². The van der Waals surface area contributed by atoms with Crippen LogP contribution in [0.4, 0.5) is 15.8 Å². The van der Waals surface area contributed by atoms with Crippen molar-refractivity contribution in [3.8, 4) is 11.5 Å². The van der Waals surface area contributed by atoms with Gasteiger partial charge in [0.25, 0.3) is 0 Å². The lowest BCUT2D eigenvalue weighted by atomic mass is 9.81. The van der Waals surface area contributed by atoms with Gasteiger partial charge in [0.05, 0.1) is 12.3 Å². The van der Waals surface area contributed by atoms with E-state index in [1.807, 2.05) is 73.8 Å². The smallest absolute Gasteiger partial charge is 0.221 e. The first-order chi connectivity index (χ1) is 18.5. The number of allylic oxidation sites excluding steroid dienone is 1. The molecule has 38 heavy (non-hydrogen) atoms. The monoisotopic (exact) mass is 506 g/mol. The van der Waals surface area contributed by atoms with Crippen LogP contribution in [0.2, 0.25) is 0 Å². The number of amides is 1. The third-order valence-electron chi connectivity index (χ3n) is 6.19. The van der Waals surface area contributed by atoms with Crippen LogP contribution in [0.5, 0.6) is 11.5 Å². The van der Waals surface area contributed by atoms with E-state index in [0.717, 1.165) is 39.4 Å². The van der Waals surface area contributed by atoms with Crippen LogP contribution in [-0.4, -0.2) is 18.7 Å². The van der Waals surface area contributed by atoms with Crippen molar-refractivity contribution in [2.24, 2.45) is 4.99 Å². The highest BCUT2D eigenvalue weighted by molar-refractivity contribution is 5.95. The Morgan fingerprint density at radius 3 is 2.37 bits per heavy atom. The average molecular weight is 507 g/mol. The zero-order chi connectivity index (χ0) is 26.5. The minimum absolute atomic E-state index is 0.133. The summed E-state index contributed by atoms with van der Waals surface area (Å²) >= 11 is 0. The Hall–Kier alpha value is -4.71. The van der Waals surface area contributed by atoms with Gasteiger partial charge in [-0.25, -0.2) is 4.39 Å². The molecule has 0 spiro atoms. The Balaban J connectivity index is 1.63. The van der Waals surface area contributed by atoms with Gasteiger partial charge in [0.15, 0.2) is 0 Å². The fourth-order valence-electron chi connectivity index (χ4n) is 4.50. The van der Waals surface area contributed by atoms with Crippen LogP contribution in [-0.2, 0) is 4.79 Å². The molecule has 4 aromatic rings. The number of para-hydroxylation sites is 1. The van der Waals surface area contributed by atoms with Crippen molar-refractivity contribution in [1.82, 2.24) is 0 Å². The average Bonchev–Trinajstić information content (AvgIpc) is 2.93. The molecule has 0 aromatic heterocycles. The van der Waals surface area contributed by atoms with Gasteiger partial charge in [-0.05, 0) is 79.2 Å². The van der Waals surface area contributed by atoms with E-state index in [-0.39, 0.29) is 17.6 Å². The highest BCUT2D eigenvalue weighted by Crippen LogP contribution is 2.45. The predicted molar refractivity (Wildman–Crippen MR) is 149 cm³/mol. The van der Waals surface area contributed by atoms with E-state index in [0.29, 0.717) is 18.1 Å². The number of benzene rings is 4.